The molecule has 0 amide bonds. The van der Waals surface area contributed by atoms with E-state index in [0.29, 0.717) is 6.04 Å². The molecule has 0 heterocycles. The lowest BCUT2D eigenvalue weighted by Gasteiger charge is -2.06. The third-order valence-corrected chi connectivity index (χ3v) is 1.33. The fourth-order valence-corrected chi connectivity index (χ4v) is 0.781. The highest BCUT2D eigenvalue weighted by atomic mass is 14.9. The molecule has 0 radical (unpaired) electrons. The molecular weight excluding hydrogens is 122 g/mol. The minimum atomic E-state index is 0.616. The summed E-state index contributed by atoms with van der Waals surface area (Å²) in [5.41, 5.74) is 1.28. The predicted molar refractivity (Wildman–Crippen MR) is 47.2 cm³/mol. The molecule has 1 nitrogen and oxygen atoms in total. The van der Waals surface area contributed by atoms with E-state index in [9.17, 15) is 0 Å². The first-order valence-corrected chi connectivity index (χ1v) is 4.00. The summed E-state index contributed by atoms with van der Waals surface area (Å²) in [6.45, 7) is 11.4. The Morgan fingerprint density at radius 3 is 2.50 bits per heavy atom. The first kappa shape index (κ1) is 9.70. The summed E-state index contributed by atoms with van der Waals surface area (Å²) in [4.78, 5) is 0. The molecule has 0 aliphatic carbocycles. The second kappa shape index (κ2) is 5.48. The van der Waals surface area contributed by atoms with Crippen LogP contribution in [0.2, 0.25) is 0 Å². The van der Waals surface area contributed by atoms with E-state index in [1.807, 2.05) is 0 Å². The largest absolute Gasteiger partial charge is 0.315 e. The third-order valence-electron chi connectivity index (χ3n) is 1.33. The topological polar surface area (TPSA) is 12.0 Å². The summed E-state index contributed by atoms with van der Waals surface area (Å²) in [5, 5.41) is 3.36. The Balaban J connectivity index is 2.98. The zero-order chi connectivity index (χ0) is 7.98. The van der Waals surface area contributed by atoms with Crippen molar-refractivity contribution in [3.8, 4) is 0 Å². The van der Waals surface area contributed by atoms with Gasteiger partial charge in [-0.25, -0.2) is 0 Å². The summed E-state index contributed by atoms with van der Waals surface area (Å²) < 4.78 is 0. The van der Waals surface area contributed by atoms with Gasteiger partial charge in [0.15, 0.2) is 0 Å². The zero-order valence-corrected chi connectivity index (χ0v) is 7.41. The van der Waals surface area contributed by atoms with Gasteiger partial charge in [0.2, 0.25) is 0 Å². The molecule has 0 spiro atoms. The van der Waals surface area contributed by atoms with E-state index in [1.54, 1.807) is 0 Å². The summed E-state index contributed by atoms with van der Waals surface area (Å²) in [6, 6.07) is 0.616. The second-order valence-electron chi connectivity index (χ2n) is 3.17. The lowest BCUT2D eigenvalue weighted by Crippen LogP contribution is -2.23. The van der Waals surface area contributed by atoms with Crippen LogP contribution in [-0.2, 0) is 0 Å². The summed E-state index contributed by atoms with van der Waals surface area (Å²) >= 11 is 0. The van der Waals surface area contributed by atoms with Crippen LogP contribution in [0.15, 0.2) is 12.2 Å². The van der Waals surface area contributed by atoms with E-state index in [0.717, 1.165) is 13.0 Å². The van der Waals surface area contributed by atoms with Gasteiger partial charge in [0.1, 0.15) is 0 Å². The minimum absolute atomic E-state index is 0.616. The highest BCUT2D eigenvalue weighted by molar-refractivity contribution is 4.87. The van der Waals surface area contributed by atoms with Crippen molar-refractivity contribution >= 4 is 0 Å². The van der Waals surface area contributed by atoms with Crippen LogP contribution in [0.3, 0.4) is 0 Å². The van der Waals surface area contributed by atoms with Gasteiger partial charge in [-0.2, -0.15) is 0 Å². The maximum Gasteiger partial charge on any atom is 0.00103 e. The van der Waals surface area contributed by atoms with Gasteiger partial charge >= 0.3 is 0 Å². The Kier molecular flexibility index (Phi) is 5.32. The van der Waals surface area contributed by atoms with Crippen LogP contribution >= 0.6 is 0 Å². The molecule has 0 bridgehead atoms. The van der Waals surface area contributed by atoms with E-state index < -0.39 is 0 Å². The molecule has 1 N–H and O–H groups in total. The standard InChI is InChI=1S/C9H19N/c1-8(2)6-5-7-10-9(3)4/h9-10H,1,5-7H2,2-4H3. The van der Waals surface area contributed by atoms with Gasteiger partial charge in [-0.05, 0) is 26.3 Å². The van der Waals surface area contributed by atoms with Gasteiger partial charge in [0.25, 0.3) is 0 Å². The quantitative estimate of drug-likeness (QED) is 0.458. The number of hydrogen-bond acceptors (Lipinski definition) is 1. The lowest BCUT2D eigenvalue weighted by molar-refractivity contribution is 0.570. The monoisotopic (exact) mass is 141 g/mol. The van der Waals surface area contributed by atoms with E-state index in [4.69, 9.17) is 0 Å². The minimum Gasteiger partial charge on any atom is -0.315 e. The van der Waals surface area contributed by atoms with Crippen molar-refractivity contribution in [1.29, 1.82) is 0 Å². The zero-order valence-electron chi connectivity index (χ0n) is 7.41. The molecule has 0 aliphatic rings. The van der Waals surface area contributed by atoms with Crippen LogP contribution in [-0.4, -0.2) is 12.6 Å². The van der Waals surface area contributed by atoms with Crippen molar-refractivity contribution in [2.24, 2.45) is 0 Å². The summed E-state index contributed by atoms with van der Waals surface area (Å²) in [5.74, 6) is 0. The molecule has 0 atom stereocenters. The normalized spacial score (nSPS) is 10.4. The van der Waals surface area contributed by atoms with E-state index in [2.05, 4.69) is 32.7 Å². The molecule has 0 rings (SSSR count). The van der Waals surface area contributed by atoms with Gasteiger partial charge in [-0.1, -0.05) is 19.4 Å². The van der Waals surface area contributed by atoms with Crippen molar-refractivity contribution in [3.63, 3.8) is 0 Å². The Morgan fingerprint density at radius 1 is 1.50 bits per heavy atom. The maximum atomic E-state index is 3.84. The van der Waals surface area contributed by atoms with Crippen LogP contribution < -0.4 is 5.32 Å². The van der Waals surface area contributed by atoms with Gasteiger partial charge in [-0.15, -0.1) is 6.58 Å². The van der Waals surface area contributed by atoms with Gasteiger partial charge < -0.3 is 5.32 Å². The fraction of sp³-hybridized carbons (Fsp3) is 0.778. The van der Waals surface area contributed by atoms with E-state index >= 15 is 0 Å². The van der Waals surface area contributed by atoms with Crippen LogP contribution in [0.4, 0.5) is 0 Å². The summed E-state index contributed by atoms with van der Waals surface area (Å²) in [7, 11) is 0. The molecule has 60 valence electrons. The molecule has 0 fully saturated rings. The number of nitrogens with one attached hydrogen (secondary N) is 1. The molecule has 0 saturated heterocycles. The number of rotatable bonds is 5. The summed E-state index contributed by atoms with van der Waals surface area (Å²) in [6.07, 6.45) is 2.37. The van der Waals surface area contributed by atoms with Crippen LogP contribution in [0.1, 0.15) is 33.6 Å². The number of hydrogen-bond donors (Lipinski definition) is 1. The first-order valence-electron chi connectivity index (χ1n) is 4.00. The Labute approximate surface area is 64.5 Å². The highest BCUT2D eigenvalue weighted by Gasteiger charge is 1.91. The lowest BCUT2D eigenvalue weighted by atomic mass is 10.2. The molecule has 0 saturated carbocycles. The highest BCUT2D eigenvalue weighted by Crippen LogP contribution is 1.98. The molecule has 0 aliphatic heterocycles. The van der Waals surface area contributed by atoms with Crippen LogP contribution in [0.25, 0.3) is 0 Å². The predicted octanol–water partition coefficient (Wildman–Crippen LogP) is 2.34. The smallest absolute Gasteiger partial charge is 0.00103 e. The van der Waals surface area contributed by atoms with Crippen LogP contribution in [0.5, 0.6) is 0 Å². The number of allylic oxidation sites excluding steroid dienone is 1. The van der Waals surface area contributed by atoms with Crippen molar-refractivity contribution in [2.75, 3.05) is 6.54 Å². The molecule has 0 unspecified atom stereocenters. The van der Waals surface area contributed by atoms with Gasteiger partial charge in [0, 0.05) is 6.04 Å². The molecule has 10 heavy (non-hydrogen) atoms. The van der Waals surface area contributed by atoms with E-state index in [1.165, 1.54) is 12.0 Å². The molecule has 0 aromatic carbocycles. The van der Waals surface area contributed by atoms with Gasteiger partial charge in [-0.3, -0.25) is 0 Å². The first-order chi connectivity index (χ1) is 4.63. The fourth-order valence-electron chi connectivity index (χ4n) is 0.781. The Bertz CT molecular complexity index is 94.9. The van der Waals surface area contributed by atoms with Crippen molar-refractivity contribution in [2.45, 2.75) is 39.7 Å². The van der Waals surface area contributed by atoms with Crippen molar-refractivity contribution in [3.05, 3.63) is 12.2 Å². The average Bonchev–Trinajstić information content (AvgIpc) is 1.79. The van der Waals surface area contributed by atoms with E-state index in [-0.39, 0.29) is 0 Å². The molecule has 1 heteroatoms. The maximum absolute atomic E-state index is 3.84. The van der Waals surface area contributed by atoms with Gasteiger partial charge in [0.05, 0.1) is 0 Å². The SMILES string of the molecule is C=C(C)CCCNC(C)C. The Morgan fingerprint density at radius 2 is 2.10 bits per heavy atom. The second-order valence-corrected chi connectivity index (χ2v) is 3.17. The molecular formula is C9H19N. The van der Waals surface area contributed by atoms with Crippen molar-refractivity contribution in [1.82, 2.24) is 5.32 Å². The Hall–Kier alpha value is -0.300. The molecule has 0 aromatic heterocycles. The van der Waals surface area contributed by atoms with Crippen molar-refractivity contribution < 1.29 is 0 Å². The average molecular weight is 141 g/mol. The molecule has 0 aromatic rings. The van der Waals surface area contributed by atoms with Crippen LogP contribution in [0, 0.1) is 0 Å². The third kappa shape index (κ3) is 7.70.